The van der Waals surface area contributed by atoms with Gasteiger partial charge in [-0.2, -0.15) is 0 Å². The molecule has 1 saturated heterocycles. The zero-order chi connectivity index (χ0) is 18.1. The van der Waals surface area contributed by atoms with Crippen LogP contribution in [-0.4, -0.2) is 41.9 Å². The van der Waals surface area contributed by atoms with Gasteiger partial charge in [-0.1, -0.05) is 11.6 Å². The first kappa shape index (κ1) is 17.1. The van der Waals surface area contributed by atoms with E-state index in [-0.39, 0.29) is 18.2 Å². The zero-order valence-corrected chi connectivity index (χ0v) is 16.5. The molecule has 4 aliphatic carbocycles. The molecule has 4 saturated carbocycles. The van der Waals surface area contributed by atoms with E-state index in [9.17, 15) is 4.79 Å². The summed E-state index contributed by atoms with van der Waals surface area (Å²) in [6.07, 6.45) is 11.9. The van der Waals surface area contributed by atoms with Crippen LogP contribution in [0.15, 0.2) is 11.6 Å². The van der Waals surface area contributed by atoms with Crippen molar-refractivity contribution in [2.24, 2.45) is 23.2 Å². The maximum Gasteiger partial charge on any atom is 0.411 e. The summed E-state index contributed by atoms with van der Waals surface area (Å²) in [7, 11) is 0. The fourth-order valence-corrected chi connectivity index (χ4v) is 7.09. The number of ether oxygens (including phenoxy) is 2. The highest BCUT2D eigenvalue weighted by atomic mass is 16.6. The van der Waals surface area contributed by atoms with Crippen molar-refractivity contribution in [3.8, 4) is 0 Å². The Labute approximate surface area is 157 Å². The summed E-state index contributed by atoms with van der Waals surface area (Å²) < 4.78 is 11.5. The quantitative estimate of drug-likeness (QED) is 0.645. The van der Waals surface area contributed by atoms with Crippen LogP contribution in [0.4, 0.5) is 4.79 Å². The van der Waals surface area contributed by atoms with Gasteiger partial charge in [0.05, 0.1) is 25.3 Å². The average molecular weight is 360 g/mol. The van der Waals surface area contributed by atoms with Crippen molar-refractivity contribution < 1.29 is 14.3 Å². The van der Waals surface area contributed by atoms with Crippen LogP contribution >= 0.6 is 0 Å². The number of fused-ring (bicyclic) bond motifs is 2. The van der Waals surface area contributed by atoms with Crippen LogP contribution in [-0.2, 0) is 9.47 Å². The Balaban J connectivity index is 1.42. The number of morpholine rings is 1. The first-order chi connectivity index (χ1) is 12.3. The van der Waals surface area contributed by atoms with E-state index in [4.69, 9.17) is 9.47 Å². The third-order valence-corrected chi connectivity index (χ3v) is 7.52. The first-order valence-electron chi connectivity index (χ1n) is 10.6. The largest absolute Gasteiger partial charge is 0.444 e. The molecule has 0 radical (unpaired) electrons. The standard InChI is InChI=1S/C22H33NO3/c1-21(2,3)26-20(24)23-18-7-17(8-19(23)13-25-12-18)22-9-14-4-15(10-22)6-16(5-14)11-22/h7,14-16,18-19H,4-6,8-13H2,1-3H3. The van der Waals surface area contributed by atoms with Crippen molar-refractivity contribution >= 4 is 6.09 Å². The second kappa shape index (κ2) is 5.73. The molecule has 1 amide bonds. The highest BCUT2D eigenvalue weighted by Gasteiger charge is 2.54. The predicted molar refractivity (Wildman–Crippen MR) is 99.8 cm³/mol. The summed E-state index contributed by atoms with van der Waals surface area (Å²) in [5, 5.41) is 0. The molecular weight excluding hydrogens is 326 g/mol. The van der Waals surface area contributed by atoms with E-state index in [0.717, 1.165) is 24.2 Å². The summed E-state index contributed by atoms with van der Waals surface area (Å²) in [5.74, 6) is 2.88. The Bertz CT molecular complexity index is 597. The molecule has 6 rings (SSSR count). The fourth-order valence-electron chi connectivity index (χ4n) is 7.09. The lowest BCUT2D eigenvalue weighted by Crippen LogP contribution is -2.59. The molecule has 0 aromatic rings. The van der Waals surface area contributed by atoms with Gasteiger partial charge in [-0.3, -0.25) is 4.90 Å². The molecule has 0 aromatic carbocycles. The molecule has 0 spiro atoms. The SMILES string of the molecule is CC(C)(C)OC(=O)N1C2C=C(C34CC5CC(CC(C5)C3)C4)CC1COC2. The van der Waals surface area contributed by atoms with Crippen LogP contribution in [0, 0.1) is 23.2 Å². The Morgan fingerprint density at radius 1 is 1.12 bits per heavy atom. The molecule has 2 aliphatic heterocycles. The minimum atomic E-state index is -0.448. The van der Waals surface area contributed by atoms with Crippen LogP contribution < -0.4 is 0 Å². The molecule has 2 unspecified atom stereocenters. The van der Waals surface area contributed by atoms with Gasteiger partial charge in [-0.25, -0.2) is 4.79 Å². The zero-order valence-electron chi connectivity index (χ0n) is 16.5. The number of nitrogens with zero attached hydrogens (tertiary/aromatic N) is 1. The van der Waals surface area contributed by atoms with Crippen LogP contribution in [0.3, 0.4) is 0 Å². The van der Waals surface area contributed by atoms with Gasteiger partial charge in [-0.05, 0) is 88.9 Å². The third kappa shape index (κ3) is 2.80. The smallest absolute Gasteiger partial charge is 0.411 e. The van der Waals surface area contributed by atoms with Gasteiger partial charge in [-0.15, -0.1) is 0 Å². The second-order valence-electron chi connectivity index (χ2n) is 10.7. The molecule has 6 aliphatic rings. The maximum atomic E-state index is 12.8. The minimum absolute atomic E-state index is 0.0559. The van der Waals surface area contributed by atoms with Crippen molar-refractivity contribution in [1.29, 1.82) is 0 Å². The van der Waals surface area contributed by atoms with E-state index in [1.807, 2.05) is 25.7 Å². The Morgan fingerprint density at radius 2 is 1.73 bits per heavy atom. The molecular formula is C22H33NO3. The molecule has 4 heteroatoms. The van der Waals surface area contributed by atoms with Crippen molar-refractivity contribution in [3.05, 3.63) is 11.6 Å². The highest BCUT2D eigenvalue weighted by molar-refractivity contribution is 5.70. The monoisotopic (exact) mass is 359 g/mol. The van der Waals surface area contributed by atoms with Crippen LogP contribution in [0.2, 0.25) is 0 Å². The van der Waals surface area contributed by atoms with E-state index in [1.54, 1.807) is 5.57 Å². The lowest BCUT2D eigenvalue weighted by atomic mass is 9.47. The Hall–Kier alpha value is -1.03. The molecule has 2 atom stereocenters. The minimum Gasteiger partial charge on any atom is -0.444 e. The number of hydrogen-bond acceptors (Lipinski definition) is 3. The van der Waals surface area contributed by atoms with Gasteiger partial charge in [0.15, 0.2) is 0 Å². The second-order valence-corrected chi connectivity index (χ2v) is 10.7. The highest BCUT2D eigenvalue weighted by Crippen LogP contribution is 2.63. The topological polar surface area (TPSA) is 38.8 Å². The number of amides is 1. The normalized spacial score (nSPS) is 44.0. The first-order valence-corrected chi connectivity index (χ1v) is 10.6. The van der Waals surface area contributed by atoms with Crippen molar-refractivity contribution in [2.45, 2.75) is 83.4 Å². The van der Waals surface area contributed by atoms with E-state index in [1.165, 1.54) is 38.5 Å². The van der Waals surface area contributed by atoms with E-state index < -0.39 is 5.60 Å². The van der Waals surface area contributed by atoms with Gasteiger partial charge in [0.1, 0.15) is 5.60 Å². The van der Waals surface area contributed by atoms with Gasteiger partial charge in [0.2, 0.25) is 0 Å². The molecule has 144 valence electrons. The maximum absolute atomic E-state index is 12.8. The van der Waals surface area contributed by atoms with E-state index >= 15 is 0 Å². The fraction of sp³-hybridized carbons (Fsp3) is 0.864. The molecule has 6 bridgehead atoms. The van der Waals surface area contributed by atoms with E-state index in [2.05, 4.69) is 6.08 Å². The third-order valence-electron chi connectivity index (χ3n) is 7.52. The predicted octanol–water partition coefficient (Wildman–Crippen LogP) is 4.54. The molecule has 4 nitrogen and oxygen atoms in total. The van der Waals surface area contributed by atoms with Gasteiger partial charge in [0, 0.05) is 0 Å². The Kier molecular flexibility index (Phi) is 3.77. The number of carbonyl (C=O) groups excluding carboxylic acids is 1. The van der Waals surface area contributed by atoms with Crippen molar-refractivity contribution in [1.82, 2.24) is 4.90 Å². The summed E-state index contributed by atoms with van der Waals surface area (Å²) in [5.41, 5.74) is 1.66. The van der Waals surface area contributed by atoms with Crippen LogP contribution in [0.25, 0.3) is 0 Å². The van der Waals surface area contributed by atoms with E-state index in [0.29, 0.717) is 18.6 Å². The summed E-state index contributed by atoms with van der Waals surface area (Å²) in [6, 6.07) is 0.206. The number of hydrogen-bond donors (Lipinski definition) is 0. The average Bonchev–Trinajstić information content (AvgIpc) is 2.50. The van der Waals surface area contributed by atoms with Gasteiger partial charge >= 0.3 is 6.09 Å². The molecule has 26 heavy (non-hydrogen) atoms. The molecule has 2 heterocycles. The van der Waals surface area contributed by atoms with Crippen molar-refractivity contribution in [2.75, 3.05) is 13.2 Å². The molecule has 0 N–H and O–H groups in total. The number of rotatable bonds is 1. The van der Waals surface area contributed by atoms with Crippen molar-refractivity contribution in [3.63, 3.8) is 0 Å². The summed E-state index contributed by atoms with van der Waals surface area (Å²) in [4.78, 5) is 14.8. The van der Waals surface area contributed by atoms with Gasteiger partial charge in [0.25, 0.3) is 0 Å². The lowest BCUT2D eigenvalue weighted by Gasteiger charge is -2.59. The lowest BCUT2D eigenvalue weighted by molar-refractivity contribution is -0.0673. The summed E-state index contributed by atoms with van der Waals surface area (Å²) >= 11 is 0. The number of carbonyl (C=O) groups is 1. The molecule has 5 fully saturated rings. The Morgan fingerprint density at radius 3 is 2.27 bits per heavy atom. The van der Waals surface area contributed by atoms with Gasteiger partial charge < -0.3 is 9.47 Å². The summed E-state index contributed by atoms with van der Waals surface area (Å²) in [6.45, 7) is 7.10. The van der Waals surface area contributed by atoms with Crippen LogP contribution in [0.5, 0.6) is 0 Å². The van der Waals surface area contributed by atoms with Crippen LogP contribution in [0.1, 0.15) is 65.7 Å². The molecule has 0 aromatic heterocycles.